The normalized spacial score (nSPS) is 12.0. The standard InChI is InChI=1S/C56H106O6/c1-4-7-10-13-16-19-22-24-26-28-29-31-32-34-37-40-43-46-49-55(58)61-52-53(51-60-54(57)48-45-42-39-36-21-18-15-12-9-6-3)62-56(59)50-47-44-41-38-35-33-30-27-25-23-20-17-14-11-8-5-2/h29,31,53H,4-28,30,32-52H2,1-3H3/b31-29-. The van der Waals surface area contributed by atoms with Crippen molar-refractivity contribution in [3.8, 4) is 0 Å². The van der Waals surface area contributed by atoms with E-state index in [0.717, 1.165) is 64.2 Å². The molecule has 0 aliphatic carbocycles. The van der Waals surface area contributed by atoms with E-state index in [1.54, 1.807) is 0 Å². The third-order valence-electron chi connectivity index (χ3n) is 12.5. The summed E-state index contributed by atoms with van der Waals surface area (Å²) in [6, 6.07) is 0. The minimum absolute atomic E-state index is 0.0673. The van der Waals surface area contributed by atoms with Gasteiger partial charge in [0.2, 0.25) is 0 Å². The van der Waals surface area contributed by atoms with Crippen LogP contribution in [0.5, 0.6) is 0 Å². The number of carbonyl (C=O) groups is 3. The Labute approximate surface area is 386 Å². The van der Waals surface area contributed by atoms with E-state index in [4.69, 9.17) is 14.2 Å². The summed E-state index contributed by atoms with van der Waals surface area (Å²) < 4.78 is 16.8. The molecule has 0 bridgehead atoms. The molecule has 0 saturated carbocycles. The summed E-state index contributed by atoms with van der Waals surface area (Å²) >= 11 is 0. The van der Waals surface area contributed by atoms with Crippen LogP contribution < -0.4 is 0 Å². The summed E-state index contributed by atoms with van der Waals surface area (Å²) in [7, 11) is 0. The first kappa shape index (κ1) is 60.2. The maximum Gasteiger partial charge on any atom is 0.306 e. The predicted molar refractivity (Wildman–Crippen MR) is 266 cm³/mol. The van der Waals surface area contributed by atoms with Gasteiger partial charge in [0.15, 0.2) is 6.10 Å². The van der Waals surface area contributed by atoms with E-state index in [1.807, 2.05) is 0 Å². The van der Waals surface area contributed by atoms with Crippen LogP contribution in [-0.2, 0) is 28.6 Å². The molecule has 0 amide bonds. The number of rotatable bonds is 51. The molecule has 0 aromatic heterocycles. The summed E-state index contributed by atoms with van der Waals surface area (Å²) in [6.45, 7) is 6.67. The van der Waals surface area contributed by atoms with E-state index < -0.39 is 6.10 Å². The lowest BCUT2D eigenvalue weighted by atomic mass is 10.0. The smallest absolute Gasteiger partial charge is 0.306 e. The molecule has 1 unspecified atom stereocenters. The molecule has 0 saturated heterocycles. The fraction of sp³-hybridized carbons (Fsp3) is 0.911. The number of carbonyl (C=O) groups excluding carboxylic acids is 3. The maximum atomic E-state index is 12.8. The lowest BCUT2D eigenvalue weighted by Gasteiger charge is -2.18. The SMILES string of the molecule is CCCCCCCCCCC/C=C\CCCCCCCC(=O)OCC(COC(=O)CCCCCCCCCCCC)OC(=O)CCCCCCCCCCCCCCCCCC. The van der Waals surface area contributed by atoms with E-state index in [9.17, 15) is 14.4 Å². The molecule has 366 valence electrons. The number of hydrogen-bond donors (Lipinski definition) is 0. The van der Waals surface area contributed by atoms with Gasteiger partial charge in [-0.15, -0.1) is 0 Å². The molecule has 0 rings (SSSR count). The lowest BCUT2D eigenvalue weighted by Crippen LogP contribution is -2.30. The zero-order chi connectivity index (χ0) is 45.1. The largest absolute Gasteiger partial charge is 0.462 e. The van der Waals surface area contributed by atoms with Crippen LogP contribution in [0, 0.1) is 0 Å². The highest BCUT2D eigenvalue weighted by atomic mass is 16.6. The molecule has 0 fully saturated rings. The molecule has 0 aromatic rings. The maximum absolute atomic E-state index is 12.8. The van der Waals surface area contributed by atoms with Gasteiger partial charge in [-0.3, -0.25) is 14.4 Å². The number of unbranched alkanes of at least 4 members (excludes halogenated alkanes) is 38. The van der Waals surface area contributed by atoms with E-state index in [0.29, 0.717) is 19.3 Å². The number of esters is 3. The molecule has 6 nitrogen and oxygen atoms in total. The highest BCUT2D eigenvalue weighted by molar-refractivity contribution is 5.71. The Morgan fingerprint density at radius 1 is 0.306 bits per heavy atom. The fourth-order valence-electron chi connectivity index (χ4n) is 8.32. The van der Waals surface area contributed by atoms with Crippen LogP contribution in [0.3, 0.4) is 0 Å². The van der Waals surface area contributed by atoms with Crippen LogP contribution in [0.2, 0.25) is 0 Å². The first-order valence-corrected chi connectivity index (χ1v) is 27.7. The Hall–Kier alpha value is -1.85. The van der Waals surface area contributed by atoms with Gasteiger partial charge >= 0.3 is 17.9 Å². The molecule has 62 heavy (non-hydrogen) atoms. The van der Waals surface area contributed by atoms with Gasteiger partial charge in [-0.1, -0.05) is 258 Å². The lowest BCUT2D eigenvalue weighted by molar-refractivity contribution is -0.167. The van der Waals surface area contributed by atoms with Gasteiger partial charge in [0.25, 0.3) is 0 Å². The van der Waals surface area contributed by atoms with Gasteiger partial charge in [-0.2, -0.15) is 0 Å². The predicted octanol–water partition coefficient (Wildman–Crippen LogP) is 18.2. The zero-order valence-corrected chi connectivity index (χ0v) is 41.9. The molecule has 0 spiro atoms. The zero-order valence-electron chi connectivity index (χ0n) is 41.9. The van der Waals surface area contributed by atoms with Gasteiger partial charge in [0.05, 0.1) is 0 Å². The number of hydrogen-bond acceptors (Lipinski definition) is 6. The quantitative estimate of drug-likeness (QED) is 0.0262. The van der Waals surface area contributed by atoms with E-state index in [-0.39, 0.29) is 31.1 Å². The Kier molecular flexibility index (Phi) is 50.2. The Morgan fingerprint density at radius 3 is 0.806 bits per heavy atom. The monoisotopic (exact) mass is 875 g/mol. The minimum atomic E-state index is -0.766. The molecule has 0 aromatic carbocycles. The Bertz CT molecular complexity index is 962. The highest BCUT2D eigenvalue weighted by Gasteiger charge is 2.19. The van der Waals surface area contributed by atoms with Crippen molar-refractivity contribution in [1.29, 1.82) is 0 Å². The van der Waals surface area contributed by atoms with Crippen molar-refractivity contribution >= 4 is 17.9 Å². The van der Waals surface area contributed by atoms with Crippen LogP contribution in [0.15, 0.2) is 12.2 Å². The Morgan fingerprint density at radius 2 is 0.532 bits per heavy atom. The molecule has 0 heterocycles. The third kappa shape index (κ3) is 49.2. The second kappa shape index (κ2) is 51.8. The second-order valence-electron chi connectivity index (χ2n) is 18.9. The summed E-state index contributed by atoms with van der Waals surface area (Å²) in [5, 5.41) is 0. The van der Waals surface area contributed by atoms with Gasteiger partial charge in [-0.25, -0.2) is 0 Å². The summed E-state index contributed by atoms with van der Waals surface area (Å²) in [4.78, 5) is 38.0. The fourth-order valence-corrected chi connectivity index (χ4v) is 8.32. The van der Waals surface area contributed by atoms with Crippen molar-refractivity contribution in [2.75, 3.05) is 13.2 Å². The molecule has 0 aliphatic rings. The Balaban J connectivity index is 4.28. The average Bonchev–Trinajstić information content (AvgIpc) is 3.27. The molecule has 1 atom stereocenters. The third-order valence-corrected chi connectivity index (χ3v) is 12.5. The minimum Gasteiger partial charge on any atom is -0.462 e. The van der Waals surface area contributed by atoms with Crippen molar-refractivity contribution in [3.05, 3.63) is 12.2 Å². The molecule has 0 aliphatic heterocycles. The first-order valence-electron chi connectivity index (χ1n) is 27.7. The van der Waals surface area contributed by atoms with Crippen molar-refractivity contribution in [3.63, 3.8) is 0 Å². The second-order valence-corrected chi connectivity index (χ2v) is 18.9. The van der Waals surface area contributed by atoms with Crippen molar-refractivity contribution in [2.24, 2.45) is 0 Å². The summed E-state index contributed by atoms with van der Waals surface area (Å²) in [5.41, 5.74) is 0. The first-order chi connectivity index (χ1) is 30.5. The molecule has 0 radical (unpaired) electrons. The van der Waals surface area contributed by atoms with E-state index in [1.165, 1.54) is 205 Å². The topological polar surface area (TPSA) is 78.9 Å². The van der Waals surface area contributed by atoms with Crippen LogP contribution >= 0.6 is 0 Å². The van der Waals surface area contributed by atoms with Crippen molar-refractivity contribution in [2.45, 2.75) is 316 Å². The molecular formula is C56H106O6. The number of allylic oxidation sites excluding steroid dienone is 2. The van der Waals surface area contributed by atoms with Crippen LogP contribution in [-0.4, -0.2) is 37.2 Å². The average molecular weight is 875 g/mol. The van der Waals surface area contributed by atoms with Crippen LogP contribution in [0.4, 0.5) is 0 Å². The number of ether oxygens (including phenoxy) is 3. The van der Waals surface area contributed by atoms with Gasteiger partial charge in [0, 0.05) is 19.3 Å². The van der Waals surface area contributed by atoms with Crippen LogP contribution in [0.25, 0.3) is 0 Å². The van der Waals surface area contributed by atoms with Crippen molar-refractivity contribution < 1.29 is 28.6 Å². The van der Waals surface area contributed by atoms with Gasteiger partial charge in [0.1, 0.15) is 13.2 Å². The molecule has 6 heteroatoms. The van der Waals surface area contributed by atoms with E-state index in [2.05, 4.69) is 32.9 Å². The highest BCUT2D eigenvalue weighted by Crippen LogP contribution is 2.17. The molecular weight excluding hydrogens is 769 g/mol. The van der Waals surface area contributed by atoms with E-state index >= 15 is 0 Å². The van der Waals surface area contributed by atoms with Gasteiger partial charge in [-0.05, 0) is 44.9 Å². The van der Waals surface area contributed by atoms with Crippen LogP contribution in [0.1, 0.15) is 310 Å². The van der Waals surface area contributed by atoms with Crippen molar-refractivity contribution in [1.82, 2.24) is 0 Å². The van der Waals surface area contributed by atoms with Gasteiger partial charge < -0.3 is 14.2 Å². The summed E-state index contributed by atoms with van der Waals surface area (Å²) in [5.74, 6) is -0.857. The summed E-state index contributed by atoms with van der Waals surface area (Å²) in [6.07, 6.45) is 57.7. The molecule has 0 N–H and O–H groups in total.